The lowest BCUT2D eigenvalue weighted by atomic mass is 9.92. The highest BCUT2D eigenvalue weighted by Crippen LogP contribution is 2.33. The molecule has 162 valence electrons. The number of nitrogens with one attached hydrogen (secondary N) is 2. The van der Waals surface area contributed by atoms with Gasteiger partial charge in [0.25, 0.3) is 10.0 Å². The highest BCUT2D eigenvalue weighted by molar-refractivity contribution is 7.90. The number of urea groups is 1. The van der Waals surface area contributed by atoms with Crippen LogP contribution in [-0.2, 0) is 14.8 Å². The molecule has 1 atom stereocenters. The average Bonchev–Trinajstić information content (AvgIpc) is 2.61. The van der Waals surface area contributed by atoms with Gasteiger partial charge in [-0.2, -0.15) is 0 Å². The Morgan fingerprint density at radius 3 is 2.24 bits per heavy atom. The van der Waals surface area contributed by atoms with E-state index in [0.717, 1.165) is 0 Å². The number of likely N-dealkylation sites (tertiary alicyclic amines) is 1. The van der Waals surface area contributed by atoms with Crippen molar-refractivity contribution in [3.05, 3.63) is 29.1 Å². The molecule has 0 spiro atoms. The normalized spacial score (nSPS) is 17.7. The molecule has 1 aromatic rings. The molecule has 0 bridgehead atoms. The Morgan fingerprint density at radius 1 is 1.21 bits per heavy atom. The molecule has 1 aliphatic heterocycles. The number of carbonyl (C=O) groups is 2. The summed E-state index contributed by atoms with van der Waals surface area (Å²) in [5.74, 6) is -0.809. The third kappa shape index (κ3) is 5.26. The molecule has 2 N–H and O–H groups in total. The van der Waals surface area contributed by atoms with Crippen LogP contribution in [0.1, 0.15) is 76.8 Å². The second-order valence-corrected chi connectivity index (χ2v) is 9.73. The van der Waals surface area contributed by atoms with Crippen molar-refractivity contribution in [2.45, 2.75) is 71.1 Å². The second-order valence-electron chi connectivity index (χ2n) is 7.90. The fourth-order valence-electron chi connectivity index (χ4n) is 3.63. The summed E-state index contributed by atoms with van der Waals surface area (Å²) in [6.45, 7) is 9.42. The number of rotatable bonds is 6. The van der Waals surface area contributed by atoms with Crippen LogP contribution in [0.25, 0.3) is 0 Å². The van der Waals surface area contributed by atoms with E-state index in [2.05, 4.69) is 5.32 Å². The zero-order valence-electron chi connectivity index (χ0n) is 17.6. The summed E-state index contributed by atoms with van der Waals surface area (Å²) in [4.78, 5) is 25.9. The van der Waals surface area contributed by atoms with Crippen molar-refractivity contribution in [2.24, 2.45) is 0 Å². The van der Waals surface area contributed by atoms with Gasteiger partial charge in [0, 0.05) is 18.7 Å². The Hall–Kier alpha value is -2.16. The van der Waals surface area contributed by atoms with Crippen molar-refractivity contribution in [3.63, 3.8) is 0 Å². The quantitative estimate of drug-likeness (QED) is 0.720. The van der Waals surface area contributed by atoms with Gasteiger partial charge in [-0.15, -0.1) is 0 Å². The number of piperidine rings is 1. The molecule has 1 aliphatic rings. The van der Waals surface area contributed by atoms with E-state index in [1.165, 1.54) is 17.0 Å². The third-order valence-electron chi connectivity index (χ3n) is 5.09. The highest BCUT2D eigenvalue weighted by Gasteiger charge is 2.37. The van der Waals surface area contributed by atoms with Gasteiger partial charge in [-0.25, -0.2) is 22.3 Å². The molecule has 7 nitrogen and oxygen atoms in total. The van der Waals surface area contributed by atoms with Crippen LogP contribution >= 0.6 is 0 Å². The molecule has 1 aromatic carbocycles. The van der Waals surface area contributed by atoms with E-state index >= 15 is 0 Å². The second kappa shape index (κ2) is 9.11. The predicted octanol–water partition coefficient (Wildman–Crippen LogP) is 3.88. The van der Waals surface area contributed by atoms with E-state index < -0.39 is 27.2 Å². The molecule has 2 rings (SSSR count). The Kier molecular flexibility index (Phi) is 7.26. The summed E-state index contributed by atoms with van der Waals surface area (Å²) in [6.07, 6.45) is 1.03. The van der Waals surface area contributed by atoms with Crippen LogP contribution in [-0.4, -0.2) is 37.2 Å². The van der Waals surface area contributed by atoms with Gasteiger partial charge in [0.2, 0.25) is 5.91 Å². The van der Waals surface area contributed by atoms with E-state index in [0.29, 0.717) is 29.7 Å². The fraction of sp³-hybridized carbons (Fsp3) is 0.600. The molecule has 1 fully saturated rings. The third-order valence-corrected chi connectivity index (χ3v) is 6.77. The molecule has 0 saturated carbocycles. The van der Waals surface area contributed by atoms with Gasteiger partial charge in [-0.1, -0.05) is 27.7 Å². The Bertz CT molecular complexity index is 855. The van der Waals surface area contributed by atoms with Crippen LogP contribution in [0.5, 0.6) is 0 Å². The minimum atomic E-state index is -4.10. The number of benzene rings is 1. The first-order valence-corrected chi connectivity index (χ1v) is 11.5. The molecule has 3 amide bonds. The van der Waals surface area contributed by atoms with Gasteiger partial charge in [-0.3, -0.25) is 4.79 Å². The molecule has 29 heavy (non-hydrogen) atoms. The van der Waals surface area contributed by atoms with E-state index in [4.69, 9.17) is 0 Å². The fourth-order valence-corrected chi connectivity index (χ4v) is 5.16. The van der Waals surface area contributed by atoms with Crippen molar-refractivity contribution in [1.82, 2.24) is 9.62 Å². The van der Waals surface area contributed by atoms with Crippen LogP contribution < -0.4 is 10.0 Å². The summed E-state index contributed by atoms with van der Waals surface area (Å²) < 4.78 is 41.6. The zero-order chi connectivity index (χ0) is 21.9. The first-order valence-electron chi connectivity index (χ1n) is 9.93. The molecular weight excluding hydrogens is 397 g/mol. The van der Waals surface area contributed by atoms with Crippen LogP contribution in [0.15, 0.2) is 12.1 Å². The highest BCUT2D eigenvalue weighted by atomic mass is 32.2. The minimum absolute atomic E-state index is 0.0818. The van der Waals surface area contributed by atoms with Gasteiger partial charge in [-0.05, 0) is 54.9 Å². The number of anilines is 1. The summed E-state index contributed by atoms with van der Waals surface area (Å²) in [5, 5.41) is 1.53. The molecule has 0 aromatic heterocycles. The van der Waals surface area contributed by atoms with Gasteiger partial charge in [0.1, 0.15) is 5.82 Å². The van der Waals surface area contributed by atoms with Crippen molar-refractivity contribution in [3.8, 4) is 0 Å². The van der Waals surface area contributed by atoms with Crippen LogP contribution in [0.2, 0.25) is 0 Å². The maximum atomic E-state index is 14.0. The number of carbonyl (C=O) groups excluding carboxylic acids is 2. The lowest BCUT2D eigenvalue weighted by Crippen LogP contribution is -2.53. The summed E-state index contributed by atoms with van der Waals surface area (Å²) >= 11 is 0. The van der Waals surface area contributed by atoms with Crippen molar-refractivity contribution >= 4 is 27.6 Å². The van der Waals surface area contributed by atoms with Crippen LogP contribution in [0.3, 0.4) is 0 Å². The summed E-state index contributed by atoms with van der Waals surface area (Å²) in [5.41, 5.74) is 1.59. The largest absolute Gasteiger partial charge is 0.332 e. The van der Waals surface area contributed by atoms with Crippen LogP contribution in [0.4, 0.5) is 14.9 Å². The average molecular weight is 428 g/mol. The van der Waals surface area contributed by atoms with Gasteiger partial charge < -0.3 is 10.2 Å². The van der Waals surface area contributed by atoms with E-state index in [-0.39, 0.29) is 30.7 Å². The summed E-state index contributed by atoms with van der Waals surface area (Å²) in [7, 11) is -4.10. The summed E-state index contributed by atoms with van der Waals surface area (Å²) in [6, 6.07) is 1.77. The molecular formula is C20H30FN3O4S. The predicted molar refractivity (Wildman–Crippen MR) is 111 cm³/mol. The number of amides is 3. The molecule has 1 heterocycles. The number of halogens is 1. The number of nitrogens with zero attached hydrogens (tertiary/aromatic N) is 1. The number of hydrogen-bond acceptors (Lipinski definition) is 4. The van der Waals surface area contributed by atoms with E-state index in [1.54, 1.807) is 6.92 Å². The van der Waals surface area contributed by atoms with Gasteiger partial charge in [0.15, 0.2) is 5.37 Å². The van der Waals surface area contributed by atoms with Gasteiger partial charge >= 0.3 is 6.03 Å². The minimum Gasteiger partial charge on any atom is -0.324 e. The van der Waals surface area contributed by atoms with E-state index in [9.17, 15) is 22.4 Å². The maximum Gasteiger partial charge on any atom is 0.332 e. The van der Waals surface area contributed by atoms with Crippen molar-refractivity contribution in [2.75, 3.05) is 11.9 Å². The number of sulfonamides is 1. The Morgan fingerprint density at radius 2 is 1.76 bits per heavy atom. The lowest BCUT2D eigenvalue weighted by molar-refractivity contribution is -0.134. The maximum absolute atomic E-state index is 14.0. The smallest absolute Gasteiger partial charge is 0.324 e. The number of hydrogen-bond donors (Lipinski definition) is 2. The van der Waals surface area contributed by atoms with Crippen molar-refractivity contribution < 1.29 is 22.4 Å². The lowest BCUT2D eigenvalue weighted by Gasteiger charge is -2.34. The zero-order valence-corrected chi connectivity index (χ0v) is 18.4. The van der Waals surface area contributed by atoms with Crippen LogP contribution in [0, 0.1) is 5.82 Å². The molecule has 9 heteroatoms. The Balaban J connectivity index is 2.30. The molecule has 0 aliphatic carbocycles. The Labute approximate surface area is 172 Å². The molecule has 0 radical (unpaired) electrons. The topological polar surface area (TPSA) is 95.6 Å². The first kappa shape index (κ1) is 23.1. The van der Waals surface area contributed by atoms with Crippen molar-refractivity contribution in [1.29, 1.82) is 0 Å². The first-order chi connectivity index (χ1) is 13.5. The monoisotopic (exact) mass is 427 g/mol. The van der Waals surface area contributed by atoms with Gasteiger partial charge in [0.05, 0.1) is 0 Å². The SMILES string of the molecule is CCN1C(=O)CCCC1S(=O)(=O)NC(=O)Nc1c(C(C)C)cc(F)cc1C(C)C. The van der Waals surface area contributed by atoms with E-state index in [1.807, 2.05) is 32.4 Å². The molecule has 1 unspecified atom stereocenters. The standard InChI is InChI=1S/C20H30FN3O4S/c1-6-24-17(25)8-7-9-18(24)29(27,28)23-20(26)22-19-15(12(2)3)10-14(21)11-16(19)13(4)5/h10-13,18H,6-9H2,1-5H3,(H2,22,23,26). The molecule has 1 saturated heterocycles.